The molecule has 0 spiro atoms. The van der Waals surface area contributed by atoms with Crippen molar-refractivity contribution in [2.45, 2.75) is 0 Å². The number of rotatable bonds is 1. The van der Waals surface area contributed by atoms with E-state index >= 15 is 0 Å². The van der Waals surface area contributed by atoms with Crippen molar-refractivity contribution >= 4 is 0 Å². The first-order chi connectivity index (χ1) is 1.91. The molecule has 6 heavy (non-hydrogen) atoms. The second kappa shape index (κ2) is 18.2. The fraction of sp³-hybridized carbons (Fsp3) is 1.00. The molecule has 1 radical (unpaired) electrons. The molecule has 0 rings (SSSR count). The molecule has 0 amide bonds. The maximum atomic E-state index is 4.90. The molecule has 0 aliphatic rings. The van der Waals surface area contributed by atoms with Gasteiger partial charge in [-0.25, -0.2) is 0 Å². The van der Waals surface area contributed by atoms with Gasteiger partial charge in [0.25, 0.3) is 0 Å². The molecule has 5 N–H and O–H groups in total. The third-order valence-corrected chi connectivity index (χ3v) is 0.167. The van der Waals surface area contributed by atoms with E-state index in [4.69, 9.17) is 11.5 Å². The molecular weight excluding hydrogens is 127 g/mol. The van der Waals surface area contributed by atoms with Crippen LogP contribution in [0.2, 0.25) is 0 Å². The van der Waals surface area contributed by atoms with Crippen LogP contribution in [0.4, 0.5) is 0 Å². The summed E-state index contributed by atoms with van der Waals surface area (Å²) in [5.74, 6) is 0. The third-order valence-electron chi connectivity index (χ3n) is 0.167. The van der Waals surface area contributed by atoms with E-state index in [1.54, 1.807) is 0 Å². The first-order valence-electron chi connectivity index (χ1n) is 1.32. The second-order valence-corrected chi connectivity index (χ2v) is 0.577. The van der Waals surface area contributed by atoms with E-state index in [-0.39, 0.29) is 22.3 Å². The summed E-state index contributed by atoms with van der Waals surface area (Å²) in [5, 5.41) is 0. The maximum absolute atomic E-state index is 4.90. The van der Waals surface area contributed by atoms with Gasteiger partial charge in [0, 0.05) is 13.1 Å². The van der Waals surface area contributed by atoms with E-state index in [0.717, 1.165) is 0 Å². The van der Waals surface area contributed by atoms with Crippen LogP contribution in [-0.2, 0) is 16.8 Å². The SMILES string of the molecule is NCCN.[Co+2].[OH-]. The van der Waals surface area contributed by atoms with Crippen LogP contribution in [0.15, 0.2) is 0 Å². The molecule has 41 valence electrons. The second-order valence-electron chi connectivity index (χ2n) is 0.577. The monoisotopic (exact) mass is 136 g/mol. The van der Waals surface area contributed by atoms with Gasteiger partial charge in [-0.15, -0.1) is 0 Å². The van der Waals surface area contributed by atoms with Crippen molar-refractivity contribution in [1.82, 2.24) is 0 Å². The van der Waals surface area contributed by atoms with Crippen LogP contribution < -0.4 is 11.5 Å². The normalized spacial score (nSPS) is 5.00. The summed E-state index contributed by atoms with van der Waals surface area (Å²) in [5.41, 5.74) is 9.81. The van der Waals surface area contributed by atoms with Gasteiger partial charge in [-0.05, 0) is 0 Å². The Morgan fingerprint density at radius 1 is 1.00 bits per heavy atom. The van der Waals surface area contributed by atoms with E-state index in [2.05, 4.69) is 0 Å². The van der Waals surface area contributed by atoms with Crippen LogP contribution >= 0.6 is 0 Å². The summed E-state index contributed by atoms with van der Waals surface area (Å²) in [4.78, 5) is 0. The summed E-state index contributed by atoms with van der Waals surface area (Å²) < 4.78 is 0. The molecule has 4 heteroatoms. The van der Waals surface area contributed by atoms with Crippen molar-refractivity contribution in [2.75, 3.05) is 13.1 Å². The summed E-state index contributed by atoms with van der Waals surface area (Å²) in [6, 6.07) is 0. The summed E-state index contributed by atoms with van der Waals surface area (Å²) in [7, 11) is 0. The summed E-state index contributed by atoms with van der Waals surface area (Å²) in [6.07, 6.45) is 0. The molecular formula is C2H9CoN2O+. The van der Waals surface area contributed by atoms with Crippen LogP contribution in [0.5, 0.6) is 0 Å². The molecule has 0 fully saturated rings. The number of nitrogens with two attached hydrogens (primary N) is 2. The van der Waals surface area contributed by atoms with Crippen LogP contribution in [0.3, 0.4) is 0 Å². The Kier molecular flexibility index (Phi) is 49.0. The zero-order chi connectivity index (χ0) is 3.41. The number of hydrogen-bond acceptors (Lipinski definition) is 3. The summed E-state index contributed by atoms with van der Waals surface area (Å²) >= 11 is 0. The Morgan fingerprint density at radius 2 is 1.17 bits per heavy atom. The van der Waals surface area contributed by atoms with Crippen LogP contribution in [0.25, 0.3) is 0 Å². The van der Waals surface area contributed by atoms with Gasteiger partial charge >= 0.3 is 16.8 Å². The molecule has 3 nitrogen and oxygen atoms in total. The average Bonchev–Trinajstić information content (AvgIpc) is 1.37. The van der Waals surface area contributed by atoms with Crippen molar-refractivity contribution in [3.63, 3.8) is 0 Å². The molecule has 0 aliphatic carbocycles. The van der Waals surface area contributed by atoms with E-state index in [9.17, 15) is 0 Å². The molecule has 0 heterocycles. The Morgan fingerprint density at radius 3 is 1.17 bits per heavy atom. The van der Waals surface area contributed by atoms with Crippen LogP contribution in [0, 0.1) is 0 Å². The Hall–Kier alpha value is 0.386. The van der Waals surface area contributed by atoms with Gasteiger partial charge in [-0.1, -0.05) is 0 Å². The van der Waals surface area contributed by atoms with Crippen molar-refractivity contribution in [3.05, 3.63) is 0 Å². The zero-order valence-electron chi connectivity index (χ0n) is 3.35. The first-order valence-corrected chi connectivity index (χ1v) is 1.32. The van der Waals surface area contributed by atoms with Gasteiger partial charge in [-0.3, -0.25) is 0 Å². The Bertz CT molecular complexity index is 13.5. The Balaban J connectivity index is -0.0000000450. The summed E-state index contributed by atoms with van der Waals surface area (Å²) in [6.45, 7) is 1.19. The quantitative estimate of drug-likeness (QED) is 0.471. The van der Waals surface area contributed by atoms with Gasteiger partial charge in [0.1, 0.15) is 0 Å². The third kappa shape index (κ3) is 26.2. The minimum absolute atomic E-state index is 0. The fourth-order valence-corrected chi connectivity index (χ4v) is 0. The molecule has 0 saturated heterocycles. The van der Waals surface area contributed by atoms with Crippen molar-refractivity contribution in [2.24, 2.45) is 11.5 Å². The smallest absolute Gasteiger partial charge is 0.870 e. The average molecular weight is 136 g/mol. The molecule has 0 aromatic heterocycles. The zero-order valence-corrected chi connectivity index (χ0v) is 4.39. The molecule has 0 aromatic carbocycles. The fourth-order valence-electron chi connectivity index (χ4n) is 0. The predicted octanol–water partition coefficient (Wildman–Crippen LogP) is -1.28. The van der Waals surface area contributed by atoms with Crippen molar-refractivity contribution in [3.8, 4) is 0 Å². The minimum atomic E-state index is 0. The van der Waals surface area contributed by atoms with E-state index in [1.165, 1.54) is 0 Å². The van der Waals surface area contributed by atoms with Crippen molar-refractivity contribution < 1.29 is 22.3 Å². The topological polar surface area (TPSA) is 82.0 Å². The molecule has 0 aliphatic heterocycles. The van der Waals surface area contributed by atoms with E-state index in [1.807, 2.05) is 0 Å². The largest absolute Gasteiger partial charge is 2.00 e. The minimum Gasteiger partial charge on any atom is -0.870 e. The van der Waals surface area contributed by atoms with Crippen molar-refractivity contribution in [1.29, 1.82) is 0 Å². The van der Waals surface area contributed by atoms with Gasteiger partial charge in [0.05, 0.1) is 0 Å². The maximum Gasteiger partial charge on any atom is 2.00 e. The van der Waals surface area contributed by atoms with E-state index < -0.39 is 0 Å². The predicted molar refractivity (Wildman–Crippen MR) is 20.0 cm³/mol. The molecule has 0 unspecified atom stereocenters. The van der Waals surface area contributed by atoms with E-state index in [0.29, 0.717) is 13.1 Å². The standard InChI is InChI=1S/C2H8N2.Co.H2O/c3-1-2-4;;/h1-4H2;;1H2/q;+2;/p-1. The van der Waals surface area contributed by atoms with Gasteiger partial charge in [-0.2, -0.15) is 0 Å². The van der Waals surface area contributed by atoms with Gasteiger partial charge < -0.3 is 16.9 Å². The van der Waals surface area contributed by atoms with Gasteiger partial charge in [0.2, 0.25) is 0 Å². The van der Waals surface area contributed by atoms with Gasteiger partial charge in [0.15, 0.2) is 0 Å². The van der Waals surface area contributed by atoms with Crippen LogP contribution in [-0.4, -0.2) is 18.6 Å². The number of hydrogen-bond donors (Lipinski definition) is 2. The molecule has 0 atom stereocenters. The van der Waals surface area contributed by atoms with Crippen LogP contribution in [0.1, 0.15) is 0 Å². The Labute approximate surface area is 47.6 Å². The molecule has 0 aromatic rings. The molecule has 0 bridgehead atoms. The molecule has 0 saturated carbocycles. The first kappa shape index (κ1) is 16.2.